The molecule has 108 valence electrons. The summed E-state index contributed by atoms with van der Waals surface area (Å²) < 4.78 is 6.93. The first-order valence-corrected chi connectivity index (χ1v) is 6.57. The van der Waals surface area contributed by atoms with Crippen molar-refractivity contribution in [2.24, 2.45) is 0 Å². The third-order valence-corrected chi connectivity index (χ3v) is 3.28. The maximum absolute atomic E-state index is 12.2. The highest BCUT2D eigenvalue weighted by Crippen LogP contribution is 2.15. The molecule has 4 aromatic heterocycles. The molecule has 8 nitrogen and oxygen atoms in total. The van der Waals surface area contributed by atoms with Crippen LogP contribution in [0.15, 0.2) is 47.6 Å². The van der Waals surface area contributed by atoms with Gasteiger partial charge in [-0.2, -0.15) is 0 Å². The van der Waals surface area contributed by atoms with E-state index < -0.39 is 0 Å². The summed E-state index contributed by atoms with van der Waals surface area (Å²) in [6.45, 7) is 0.312. The molecule has 1 N–H and O–H groups in total. The van der Waals surface area contributed by atoms with E-state index in [2.05, 4.69) is 25.4 Å². The van der Waals surface area contributed by atoms with Gasteiger partial charge in [0.2, 0.25) is 11.4 Å². The molecule has 4 rings (SSSR count). The molecule has 0 radical (unpaired) electrons. The van der Waals surface area contributed by atoms with Crippen LogP contribution in [0.1, 0.15) is 16.2 Å². The molecule has 0 spiro atoms. The Labute approximate surface area is 123 Å². The number of hydrogen-bond acceptors (Lipinski definition) is 6. The molecule has 0 aromatic carbocycles. The Morgan fingerprint density at radius 2 is 2.23 bits per heavy atom. The maximum Gasteiger partial charge on any atom is 0.290 e. The molecule has 0 aliphatic carbocycles. The van der Waals surface area contributed by atoms with Gasteiger partial charge in [0.25, 0.3) is 5.91 Å². The van der Waals surface area contributed by atoms with Crippen LogP contribution >= 0.6 is 0 Å². The van der Waals surface area contributed by atoms with Gasteiger partial charge in [-0.25, -0.2) is 9.97 Å². The Morgan fingerprint density at radius 1 is 1.27 bits per heavy atom. The van der Waals surface area contributed by atoms with Crippen LogP contribution in [0, 0.1) is 0 Å². The molecule has 4 aromatic rings. The smallest absolute Gasteiger partial charge is 0.290 e. The molecule has 8 heteroatoms. The monoisotopic (exact) mass is 294 g/mol. The zero-order chi connectivity index (χ0) is 14.9. The first-order valence-electron chi connectivity index (χ1n) is 6.57. The van der Waals surface area contributed by atoms with Gasteiger partial charge in [0.15, 0.2) is 5.65 Å². The fraction of sp³-hybridized carbons (Fsp3) is 0.0714. The molecule has 0 fully saturated rings. The van der Waals surface area contributed by atoms with E-state index in [4.69, 9.17) is 4.52 Å². The lowest BCUT2D eigenvalue weighted by atomic mass is 10.2. The fourth-order valence-electron chi connectivity index (χ4n) is 2.23. The van der Waals surface area contributed by atoms with Gasteiger partial charge in [-0.3, -0.25) is 14.2 Å². The minimum absolute atomic E-state index is 0.151. The van der Waals surface area contributed by atoms with Gasteiger partial charge < -0.3 is 9.84 Å². The number of carbonyl (C=O) groups excluding carboxylic acids is 1. The number of aromatic nitrogens is 5. The van der Waals surface area contributed by atoms with Crippen LogP contribution in [-0.4, -0.2) is 30.4 Å². The van der Waals surface area contributed by atoms with E-state index in [0.29, 0.717) is 17.6 Å². The van der Waals surface area contributed by atoms with Crippen molar-refractivity contribution in [2.75, 3.05) is 0 Å². The number of nitrogens with one attached hydrogen (secondary N) is 1. The van der Waals surface area contributed by atoms with Crippen molar-refractivity contribution in [3.63, 3.8) is 0 Å². The number of carbonyl (C=O) groups is 1. The Bertz CT molecular complexity index is 973. The molecular formula is C14H10N6O2. The van der Waals surface area contributed by atoms with Crippen LogP contribution in [0.4, 0.5) is 0 Å². The number of hydrogen-bond donors (Lipinski definition) is 1. The molecule has 22 heavy (non-hydrogen) atoms. The SMILES string of the molecule is O=C(NCc1cnc2cnccn12)c1onc2ncccc12. The molecular weight excluding hydrogens is 284 g/mol. The first-order chi connectivity index (χ1) is 10.8. The molecule has 0 aliphatic rings. The van der Waals surface area contributed by atoms with Crippen LogP contribution < -0.4 is 5.32 Å². The van der Waals surface area contributed by atoms with Crippen LogP contribution in [0.3, 0.4) is 0 Å². The standard InChI is InChI=1S/C14H10N6O2/c21-14(12-10-2-1-3-16-13(10)19-22-12)18-7-9-6-17-11-8-15-4-5-20(9)11/h1-6,8H,7H2,(H,18,21). The van der Waals surface area contributed by atoms with Gasteiger partial charge in [-0.05, 0) is 12.1 Å². The normalized spacial score (nSPS) is 11.1. The number of fused-ring (bicyclic) bond motifs is 2. The highest BCUT2D eigenvalue weighted by molar-refractivity contribution is 6.02. The molecule has 0 saturated carbocycles. The van der Waals surface area contributed by atoms with Crippen molar-refractivity contribution in [3.8, 4) is 0 Å². The maximum atomic E-state index is 12.2. The molecule has 0 atom stereocenters. The van der Waals surface area contributed by atoms with Crippen LogP contribution in [-0.2, 0) is 6.54 Å². The summed E-state index contributed by atoms with van der Waals surface area (Å²) in [6, 6.07) is 3.47. The van der Waals surface area contributed by atoms with Gasteiger partial charge in [0, 0.05) is 18.6 Å². The van der Waals surface area contributed by atoms with Crippen molar-refractivity contribution in [1.82, 2.24) is 29.8 Å². The second kappa shape index (κ2) is 4.92. The third kappa shape index (κ3) is 1.97. The predicted octanol–water partition coefficient (Wildman–Crippen LogP) is 1.20. The number of pyridine rings is 1. The highest BCUT2D eigenvalue weighted by atomic mass is 16.5. The zero-order valence-electron chi connectivity index (χ0n) is 11.3. The quantitative estimate of drug-likeness (QED) is 0.609. The first kappa shape index (κ1) is 12.5. The Balaban J connectivity index is 1.57. The fourth-order valence-corrected chi connectivity index (χ4v) is 2.23. The van der Waals surface area contributed by atoms with E-state index in [-0.39, 0.29) is 11.7 Å². The van der Waals surface area contributed by atoms with E-state index in [0.717, 1.165) is 11.3 Å². The van der Waals surface area contributed by atoms with Gasteiger partial charge in [-0.15, -0.1) is 0 Å². The van der Waals surface area contributed by atoms with E-state index in [1.165, 1.54) is 0 Å². The summed E-state index contributed by atoms with van der Waals surface area (Å²) in [5.41, 5.74) is 1.97. The summed E-state index contributed by atoms with van der Waals surface area (Å²) in [6.07, 6.45) is 8.39. The second-order valence-corrected chi connectivity index (χ2v) is 4.62. The number of imidazole rings is 1. The molecule has 0 saturated heterocycles. The summed E-state index contributed by atoms with van der Waals surface area (Å²) >= 11 is 0. The largest absolute Gasteiger partial charge is 0.348 e. The molecule has 0 bridgehead atoms. The van der Waals surface area contributed by atoms with Gasteiger partial charge >= 0.3 is 0 Å². The summed E-state index contributed by atoms with van der Waals surface area (Å²) in [5.74, 6) is -0.196. The summed E-state index contributed by atoms with van der Waals surface area (Å²) in [7, 11) is 0. The van der Waals surface area contributed by atoms with Crippen LogP contribution in [0.25, 0.3) is 16.7 Å². The Kier molecular flexibility index (Phi) is 2.78. The Morgan fingerprint density at radius 3 is 3.18 bits per heavy atom. The lowest BCUT2D eigenvalue weighted by molar-refractivity contribution is 0.0916. The topological polar surface area (TPSA) is 98.2 Å². The van der Waals surface area contributed by atoms with E-state index in [9.17, 15) is 4.79 Å². The predicted molar refractivity (Wildman–Crippen MR) is 76.0 cm³/mol. The van der Waals surface area contributed by atoms with Crippen molar-refractivity contribution < 1.29 is 9.32 Å². The Hall–Kier alpha value is -3.29. The van der Waals surface area contributed by atoms with E-state index >= 15 is 0 Å². The average Bonchev–Trinajstić information content (AvgIpc) is 3.17. The van der Waals surface area contributed by atoms with Gasteiger partial charge in [-0.1, -0.05) is 5.16 Å². The zero-order valence-corrected chi connectivity index (χ0v) is 11.3. The third-order valence-electron chi connectivity index (χ3n) is 3.28. The minimum Gasteiger partial charge on any atom is -0.348 e. The molecule has 0 unspecified atom stereocenters. The summed E-state index contributed by atoms with van der Waals surface area (Å²) in [4.78, 5) is 24.5. The summed E-state index contributed by atoms with van der Waals surface area (Å²) in [5, 5.41) is 7.14. The lowest BCUT2D eigenvalue weighted by Crippen LogP contribution is -2.23. The second-order valence-electron chi connectivity index (χ2n) is 4.62. The van der Waals surface area contributed by atoms with Crippen molar-refractivity contribution >= 4 is 22.6 Å². The van der Waals surface area contributed by atoms with E-state index in [1.54, 1.807) is 43.1 Å². The highest BCUT2D eigenvalue weighted by Gasteiger charge is 2.17. The van der Waals surface area contributed by atoms with Gasteiger partial charge in [0.05, 0.1) is 30.0 Å². The molecule has 0 aliphatic heterocycles. The van der Waals surface area contributed by atoms with Crippen molar-refractivity contribution in [2.45, 2.75) is 6.54 Å². The van der Waals surface area contributed by atoms with Crippen LogP contribution in [0.5, 0.6) is 0 Å². The lowest BCUT2D eigenvalue weighted by Gasteiger charge is -2.03. The molecule has 1 amide bonds. The number of rotatable bonds is 3. The average molecular weight is 294 g/mol. The molecule has 4 heterocycles. The van der Waals surface area contributed by atoms with Crippen LogP contribution in [0.2, 0.25) is 0 Å². The number of nitrogens with zero attached hydrogens (tertiary/aromatic N) is 5. The van der Waals surface area contributed by atoms with Gasteiger partial charge in [0.1, 0.15) is 0 Å². The van der Waals surface area contributed by atoms with Crippen molar-refractivity contribution in [1.29, 1.82) is 0 Å². The van der Waals surface area contributed by atoms with Crippen molar-refractivity contribution in [3.05, 3.63) is 54.6 Å². The number of amides is 1. The minimum atomic E-state index is -0.348. The van der Waals surface area contributed by atoms with E-state index in [1.807, 2.05) is 4.40 Å².